The number of nitro groups is 1. The molecular formula is C20H21NO8. The number of ether oxygens (including phenoxy) is 4. The van der Waals surface area contributed by atoms with E-state index < -0.39 is 28.5 Å². The Balaban J connectivity index is 2.29. The number of carbonyl (C=O) groups is 2. The zero-order chi connectivity index (χ0) is 21.6. The predicted octanol–water partition coefficient (Wildman–Crippen LogP) is 3.44. The summed E-state index contributed by atoms with van der Waals surface area (Å²) in [4.78, 5) is 35.7. The van der Waals surface area contributed by atoms with E-state index in [9.17, 15) is 19.7 Å². The summed E-state index contributed by atoms with van der Waals surface area (Å²) in [6.45, 7) is 3.37. The van der Waals surface area contributed by atoms with Gasteiger partial charge in [0.2, 0.25) is 5.78 Å². The van der Waals surface area contributed by atoms with Gasteiger partial charge in [0.05, 0.1) is 31.8 Å². The number of carbonyl (C=O) groups excluding carboxylic acids is 2. The molecule has 0 unspecified atom stereocenters. The molecule has 2 aromatic rings. The lowest BCUT2D eigenvalue weighted by molar-refractivity contribution is -0.385. The standard InChI is InChI=1S/C20H21NO8/c1-5-28-18-10-15(16(21(24)25)11-17(18)27-4)20(23)29-12(2)19(22)13-6-8-14(26-3)9-7-13/h6-12H,5H2,1-4H3/t12-/m1/s1. The first kappa shape index (κ1) is 21.7. The highest BCUT2D eigenvalue weighted by molar-refractivity contribution is 6.02. The van der Waals surface area contributed by atoms with Crippen molar-refractivity contribution < 1.29 is 33.5 Å². The molecule has 0 aliphatic carbocycles. The average Bonchev–Trinajstić information content (AvgIpc) is 2.72. The fourth-order valence-corrected chi connectivity index (χ4v) is 2.56. The van der Waals surface area contributed by atoms with Gasteiger partial charge in [0.15, 0.2) is 17.6 Å². The Hall–Kier alpha value is -3.62. The highest BCUT2D eigenvalue weighted by Gasteiger charge is 2.28. The molecule has 0 aliphatic heterocycles. The van der Waals surface area contributed by atoms with Crippen molar-refractivity contribution in [1.29, 1.82) is 0 Å². The summed E-state index contributed by atoms with van der Waals surface area (Å²) in [5, 5.41) is 11.4. The van der Waals surface area contributed by atoms with E-state index in [0.717, 1.165) is 6.07 Å². The molecule has 2 aromatic carbocycles. The average molecular weight is 403 g/mol. The Morgan fingerprint density at radius 1 is 1.07 bits per heavy atom. The van der Waals surface area contributed by atoms with Crippen LogP contribution in [0.2, 0.25) is 0 Å². The van der Waals surface area contributed by atoms with Gasteiger partial charge in [-0.25, -0.2) is 4.79 Å². The van der Waals surface area contributed by atoms with Crippen LogP contribution in [0.3, 0.4) is 0 Å². The van der Waals surface area contributed by atoms with Gasteiger partial charge >= 0.3 is 5.97 Å². The van der Waals surface area contributed by atoms with Crippen LogP contribution in [0.5, 0.6) is 17.2 Å². The van der Waals surface area contributed by atoms with E-state index in [1.165, 1.54) is 39.3 Å². The summed E-state index contributed by atoms with van der Waals surface area (Å²) in [7, 11) is 2.83. The summed E-state index contributed by atoms with van der Waals surface area (Å²) < 4.78 is 20.7. The SMILES string of the molecule is CCOc1cc(C(=O)O[C@H](C)C(=O)c2ccc(OC)cc2)c([N+](=O)[O-])cc1OC. The van der Waals surface area contributed by atoms with Crippen LogP contribution in [0.4, 0.5) is 5.69 Å². The van der Waals surface area contributed by atoms with E-state index in [2.05, 4.69) is 0 Å². The molecule has 0 saturated heterocycles. The lowest BCUT2D eigenvalue weighted by Crippen LogP contribution is -2.25. The highest BCUT2D eigenvalue weighted by atomic mass is 16.6. The Morgan fingerprint density at radius 3 is 2.24 bits per heavy atom. The van der Waals surface area contributed by atoms with Crippen LogP contribution in [0, 0.1) is 10.1 Å². The van der Waals surface area contributed by atoms with Gasteiger partial charge in [-0.15, -0.1) is 0 Å². The Kier molecular flexibility index (Phi) is 7.13. The molecule has 9 nitrogen and oxygen atoms in total. The highest BCUT2D eigenvalue weighted by Crippen LogP contribution is 2.35. The number of rotatable bonds is 9. The number of hydrogen-bond donors (Lipinski definition) is 0. The van der Waals surface area contributed by atoms with Gasteiger partial charge in [0.1, 0.15) is 11.3 Å². The Labute approximate surface area is 167 Å². The van der Waals surface area contributed by atoms with Crippen LogP contribution < -0.4 is 14.2 Å². The van der Waals surface area contributed by atoms with Crippen LogP contribution in [0.1, 0.15) is 34.6 Å². The largest absolute Gasteiger partial charge is 0.497 e. The molecule has 2 rings (SSSR count). The number of ketones is 1. The maximum absolute atomic E-state index is 12.6. The number of Topliss-reactive ketones (excluding diaryl/α,β-unsaturated/α-hetero) is 1. The quantitative estimate of drug-likeness (QED) is 0.271. The van der Waals surface area contributed by atoms with E-state index in [1.807, 2.05) is 0 Å². The van der Waals surface area contributed by atoms with Gasteiger partial charge in [-0.2, -0.15) is 0 Å². The topological polar surface area (TPSA) is 114 Å². The van der Waals surface area contributed by atoms with Gasteiger partial charge < -0.3 is 18.9 Å². The smallest absolute Gasteiger partial charge is 0.346 e. The molecule has 0 radical (unpaired) electrons. The molecule has 9 heteroatoms. The first-order chi connectivity index (χ1) is 13.8. The number of methoxy groups -OCH3 is 2. The maximum atomic E-state index is 12.6. The van der Waals surface area contributed by atoms with Crippen LogP contribution in [0.15, 0.2) is 36.4 Å². The number of nitro benzene ring substituents is 1. The first-order valence-electron chi connectivity index (χ1n) is 8.70. The maximum Gasteiger partial charge on any atom is 0.346 e. The minimum absolute atomic E-state index is 0.109. The molecule has 29 heavy (non-hydrogen) atoms. The zero-order valence-electron chi connectivity index (χ0n) is 16.5. The van der Waals surface area contributed by atoms with Gasteiger partial charge in [-0.3, -0.25) is 14.9 Å². The van der Waals surface area contributed by atoms with E-state index in [0.29, 0.717) is 11.3 Å². The van der Waals surface area contributed by atoms with Crippen molar-refractivity contribution in [2.24, 2.45) is 0 Å². The van der Waals surface area contributed by atoms with Crippen molar-refractivity contribution in [1.82, 2.24) is 0 Å². The van der Waals surface area contributed by atoms with E-state index in [4.69, 9.17) is 18.9 Å². The van der Waals surface area contributed by atoms with Crippen LogP contribution >= 0.6 is 0 Å². The number of esters is 1. The Morgan fingerprint density at radius 2 is 1.72 bits per heavy atom. The van der Waals surface area contributed by atoms with Crippen LogP contribution in [-0.2, 0) is 4.74 Å². The second-order valence-electron chi connectivity index (χ2n) is 5.85. The summed E-state index contributed by atoms with van der Waals surface area (Å²) in [5.74, 6) is -0.639. The number of hydrogen-bond acceptors (Lipinski definition) is 8. The summed E-state index contributed by atoms with van der Waals surface area (Å²) >= 11 is 0. The Bertz CT molecular complexity index is 907. The summed E-state index contributed by atoms with van der Waals surface area (Å²) in [6, 6.07) is 8.53. The molecule has 1 atom stereocenters. The fourth-order valence-electron chi connectivity index (χ4n) is 2.56. The van der Waals surface area contributed by atoms with Gasteiger partial charge in [-0.1, -0.05) is 0 Å². The minimum Gasteiger partial charge on any atom is -0.497 e. The third-order valence-corrected chi connectivity index (χ3v) is 4.03. The molecule has 154 valence electrons. The molecule has 0 saturated carbocycles. The zero-order valence-corrected chi connectivity index (χ0v) is 16.5. The number of benzene rings is 2. The van der Waals surface area contributed by atoms with Crippen molar-refractivity contribution in [3.8, 4) is 17.2 Å². The third kappa shape index (κ3) is 5.01. The summed E-state index contributed by atoms with van der Waals surface area (Å²) in [5.41, 5.74) is -0.543. The van der Waals surface area contributed by atoms with Crippen molar-refractivity contribution >= 4 is 17.4 Å². The normalized spacial score (nSPS) is 11.3. The monoisotopic (exact) mass is 403 g/mol. The van der Waals surface area contributed by atoms with E-state index >= 15 is 0 Å². The van der Waals surface area contributed by atoms with Crippen LogP contribution in [0.25, 0.3) is 0 Å². The molecular weight excluding hydrogens is 382 g/mol. The molecule has 0 aliphatic rings. The van der Waals surface area contributed by atoms with Crippen LogP contribution in [-0.4, -0.2) is 43.6 Å². The van der Waals surface area contributed by atoms with Crippen molar-refractivity contribution in [2.75, 3.05) is 20.8 Å². The fraction of sp³-hybridized carbons (Fsp3) is 0.300. The third-order valence-electron chi connectivity index (χ3n) is 4.03. The van der Waals surface area contributed by atoms with Crippen molar-refractivity contribution in [3.63, 3.8) is 0 Å². The van der Waals surface area contributed by atoms with E-state index in [-0.39, 0.29) is 23.7 Å². The molecule has 0 heterocycles. The second-order valence-corrected chi connectivity index (χ2v) is 5.85. The second kappa shape index (κ2) is 9.54. The number of nitrogens with zero attached hydrogens (tertiary/aromatic N) is 1. The van der Waals surface area contributed by atoms with Gasteiger partial charge in [0.25, 0.3) is 5.69 Å². The lowest BCUT2D eigenvalue weighted by atomic mass is 10.1. The van der Waals surface area contributed by atoms with Gasteiger partial charge in [0, 0.05) is 11.6 Å². The predicted molar refractivity (Wildman–Crippen MR) is 103 cm³/mol. The molecule has 0 amide bonds. The molecule has 0 fully saturated rings. The van der Waals surface area contributed by atoms with E-state index in [1.54, 1.807) is 19.1 Å². The summed E-state index contributed by atoms with van der Waals surface area (Å²) in [6.07, 6.45) is -1.16. The minimum atomic E-state index is -1.16. The molecule has 0 spiro atoms. The van der Waals surface area contributed by atoms with Crippen molar-refractivity contribution in [3.05, 3.63) is 57.6 Å². The lowest BCUT2D eigenvalue weighted by Gasteiger charge is -2.14. The molecule has 0 bridgehead atoms. The first-order valence-corrected chi connectivity index (χ1v) is 8.70. The molecule has 0 aromatic heterocycles. The van der Waals surface area contributed by atoms with Crippen molar-refractivity contribution in [2.45, 2.75) is 20.0 Å². The molecule has 0 N–H and O–H groups in total. The van der Waals surface area contributed by atoms with Gasteiger partial charge in [-0.05, 0) is 38.1 Å².